The Hall–Kier alpha value is -1.10. The second kappa shape index (κ2) is 7.48. The number of hydrogen-bond donors (Lipinski definition) is 1. The van der Waals surface area contributed by atoms with Gasteiger partial charge in [0.05, 0.1) is 18.7 Å². The molecule has 19 heavy (non-hydrogen) atoms. The Balaban J connectivity index is 2.30. The number of nitrogens with one attached hydrogen (secondary N) is 1. The van der Waals surface area contributed by atoms with E-state index in [1.54, 1.807) is 11.3 Å². The molecule has 1 aromatic rings. The lowest BCUT2D eigenvalue weighted by atomic mass is 9.92. The lowest BCUT2D eigenvalue weighted by molar-refractivity contribution is -0.143. The first-order valence-corrected chi connectivity index (χ1v) is 7.62. The van der Waals surface area contributed by atoms with Crippen LogP contribution in [0.5, 0.6) is 0 Å². The molecule has 0 fully saturated rings. The largest absolute Gasteiger partial charge is 0.466 e. The van der Waals surface area contributed by atoms with E-state index >= 15 is 0 Å². The van der Waals surface area contributed by atoms with Gasteiger partial charge in [-0.15, -0.1) is 11.3 Å². The molecule has 1 rings (SSSR count). The molecular formula is C14H24N2O2S. The molecule has 0 saturated heterocycles. The van der Waals surface area contributed by atoms with Crippen molar-refractivity contribution in [3.63, 3.8) is 0 Å². The van der Waals surface area contributed by atoms with Gasteiger partial charge in [0.2, 0.25) is 0 Å². The van der Waals surface area contributed by atoms with Gasteiger partial charge in [-0.2, -0.15) is 0 Å². The summed E-state index contributed by atoms with van der Waals surface area (Å²) in [6.07, 6.45) is 2.15. The molecule has 0 saturated carbocycles. The van der Waals surface area contributed by atoms with Crippen molar-refractivity contribution in [2.75, 3.05) is 18.5 Å². The average Bonchev–Trinajstić information content (AvgIpc) is 2.73. The fourth-order valence-electron chi connectivity index (χ4n) is 1.51. The topological polar surface area (TPSA) is 51.2 Å². The van der Waals surface area contributed by atoms with E-state index in [2.05, 4.69) is 31.1 Å². The molecule has 5 heteroatoms. The fourth-order valence-corrected chi connectivity index (χ4v) is 2.28. The summed E-state index contributed by atoms with van der Waals surface area (Å²) in [5.74, 6) is -0.155. The molecule has 1 aromatic heterocycles. The maximum Gasteiger partial charge on any atom is 0.306 e. The van der Waals surface area contributed by atoms with E-state index in [1.807, 2.05) is 12.3 Å². The molecule has 0 aromatic carbocycles. The van der Waals surface area contributed by atoms with Crippen LogP contribution in [0.3, 0.4) is 0 Å². The van der Waals surface area contributed by atoms with E-state index in [-0.39, 0.29) is 5.97 Å². The number of aromatic nitrogens is 1. The SMILES string of the molecule is CCOC(=O)CCc1csc(NCCC(C)(C)C)n1. The highest BCUT2D eigenvalue weighted by atomic mass is 32.1. The minimum Gasteiger partial charge on any atom is -0.466 e. The molecule has 0 aliphatic carbocycles. The Labute approximate surface area is 119 Å². The third-order valence-corrected chi connectivity index (χ3v) is 3.44. The lowest BCUT2D eigenvalue weighted by Crippen LogP contribution is -2.12. The molecule has 0 aliphatic heterocycles. The number of nitrogens with zero attached hydrogens (tertiary/aromatic N) is 1. The van der Waals surface area contributed by atoms with Crippen molar-refractivity contribution in [2.45, 2.75) is 47.0 Å². The van der Waals surface area contributed by atoms with Gasteiger partial charge in [-0.3, -0.25) is 4.79 Å². The quantitative estimate of drug-likeness (QED) is 0.779. The summed E-state index contributed by atoms with van der Waals surface area (Å²) in [6.45, 7) is 9.85. The monoisotopic (exact) mass is 284 g/mol. The number of carbonyl (C=O) groups is 1. The van der Waals surface area contributed by atoms with Crippen LogP contribution in [0.1, 0.15) is 46.2 Å². The van der Waals surface area contributed by atoms with E-state index in [9.17, 15) is 4.79 Å². The third kappa shape index (κ3) is 7.15. The first-order valence-electron chi connectivity index (χ1n) is 6.74. The van der Waals surface area contributed by atoms with E-state index in [0.29, 0.717) is 24.9 Å². The minimum atomic E-state index is -0.155. The van der Waals surface area contributed by atoms with Gasteiger partial charge in [0, 0.05) is 18.3 Å². The van der Waals surface area contributed by atoms with Crippen molar-refractivity contribution in [3.05, 3.63) is 11.1 Å². The van der Waals surface area contributed by atoms with Crippen molar-refractivity contribution >= 4 is 22.4 Å². The van der Waals surface area contributed by atoms with Gasteiger partial charge in [-0.05, 0) is 18.8 Å². The summed E-state index contributed by atoms with van der Waals surface area (Å²) < 4.78 is 4.89. The van der Waals surface area contributed by atoms with Crippen LogP contribution in [0.15, 0.2) is 5.38 Å². The fraction of sp³-hybridized carbons (Fsp3) is 0.714. The van der Waals surface area contributed by atoms with Gasteiger partial charge in [-0.1, -0.05) is 20.8 Å². The van der Waals surface area contributed by atoms with Crippen molar-refractivity contribution in [1.82, 2.24) is 4.98 Å². The first-order chi connectivity index (χ1) is 8.90. The zero-order chi connectivity index (χ0) is 14.3. The normalized spacial score (nSPS) is 11.4. The van der Waals surface area contributed by atoms with Gasteiger partial charge in [0.25, 0.3) is 0 Å². The van der Waals surface area contributed by atoms with Crippen molar-refractivity contribution < 1.29 is 9.53 Å². The Kier molecular flexibility index (Phi) is 6.28. The molecule has 0 bridgehead atoms. The number of thiazole rings is 1. The minimum absolute atomic E-state index is 0.155. The number of hydrogen-bond acceptors (Lipinski definition) is 5. The predicted octanol–water partition coefficient (Wildman–Crippen LogP) is 3.49. The maximum atomic E-state index is 11.2. The number of anilines is 1. The van der Waals surface area contributed by atoms with E-state index < -0.39 is 0 Å². The first kappa shape index (κ1) is 16.0. The second-order valence-electron chi connectivity index (χ2n) is 5.69. The smallest absolute Gasteiger partial charge is 0.306 e. The van der Waals surface area contributed by atoms with Crippen LogP contribution >= 0.6 is 11.3 Å². The molecule has 108 valence electrons. The van der Waals surface area contributed by atoms with Crippen LogP contribution in [0.2, 0.25) is 0 Å². The molecule has 0 unspecified atom stereocenters. The number of rotatable bonds is 7. The van der Waals surface area contributed by atoms with Crippen LogP contribution in [0.4, 0.5) is 5.13 Å². The van der Waals surface area contributed by atoms with E-state index in [1.165, 1.54) is 0 Å². The number of ether oxygens (including phenoxy) is 1. The van der Waals surface area contributed by atoms with Crippen molar-refractivity contribution in [2.24, 2.45) is 5.41 Å². The summed E-state index contributed by atoms with van der Waals surface area (Å²) in [7, 11) is 0. The van der Waals surface area contributed by atoms with Gasteiger partial charge in [-0.25, -0.2) is 4.98 Å². The number of aryl methyl sites for hydroxylation is 1. The highest BCUT2D eigenvalue weighted by Gasteiger charge is 2.10. The van der Waals surface area contributed by atoms with Crippen LogP contribution < -0.4 is 5.32 Å². The zero-order valence-corrected chi connectivity index (χ0v) is 13.1. The molecular weight excluding hydrogens is 260 g/mol. The number of esters is 1. The second-order valence-corrected chi connectivity index (χ2v) is 6.54. The van der Waals surface area contributed by atoms with Crippen LogP contribution in [0.25, 0.3) is 0 Å². The molecule has 0 amide bonds. The van der Waals surface area contributed by atoms with Gasteiger partial charge >= 0.3 is 5.97 Å². The van der Waals surface area contributed by atoms with E-state index in [4.69, 9.17) is 4.74 Å². The summed E-state index contributed by atoms with van der Waals surface area (Å²) in [4.78, 5) is 15.7. The van der Waals surface area contributed by atoms with Crippen molar-refractivity contribution in [1.29, 1.82) is 0 Å². The third-order valence-electron chi connectivity index (χ3n) is 2.59. The van der Waals surface area contributed by atoms with Crippen LogP contribution in [0, 0.1) is 5.41 Å². The van der Waals surface area contributed by atoms with E-state index in [0.717, 1.165) is 23.8 Å². The van der Waals surface area contributed by atoms with Crippen LogP contribution in [-0.4, -0.2) is 24.1 Å². The molecule has 4 nitrogen and oxygen atoms in total. The lowest BCUT2D eigenvalue weighted by Gasteiger charge is -2.17. The molecule has 1 N–H and O–H groups in total. The van der Waals surface area contributed by atoms with Gasteiger partial charge in [0.15, 0.2) is 5.13 Å². The molecule has 1 heterocycles. The average molecular weight is 284 g/mol. The van der Waals surface area contributed by atoms with Crippen molar-refractivity contribution in [3.8, 4) is 0 Å². The predicted molar refractivity (Wildman–Crippen MR) is 79.6 cm³/mol. The standard InChI is InChI=1S/C14H24N2O2S/c1-5-18-12(17)7-6-11-10-19-13(16-11)15-9-8-14(2,3)4/h10H,5-9H2,1-4H3,(H,15,16). The number of carbonyl (C=O) groups excluding carboxylic acids is 1. The Bertz CT molecular complexity index is 396. The maximum absolute atomic E-state index is 11.2. The van der Waals surface area contributed by atoms with Crippen LogP contribution in [-0.2, 0) is 16.0 Å². The molecule has 0 atom stereocenters. The Morgan fingerprint density at radius 2 is 2.21 bits per heavy atom. The highest BCUT2D eigenvalue weighted by molar-refractivity contribution is 7.13. The Morgan fingerprint density at radius 3 is 2.84 bits per heavy atom. The Morgan fingerprint density at radius 1 is 1.47 bits per heavy atom. The summed E-state index contributed by atoms with van der Waals surface area (Å²) in [5, 5.41) is 6.26. The van der Waals surface area contributed by atoms with Gasteiger partial charge in [0.1, 0.15) is 0 Å². The highest BCUT2D eigenvalue weighted by Crippen LogP contribution is 2.20. The summed E-state index contributed by atoms with van der Waals surface area (Å²) in [5.41, 5.74) is 1.29. The molecule has 0 spiro atoms. The molecule has 0 aliphatic rings. The van der Waals surface area contributed by atoms with Gasteiger partial charge < -0.3 is 10.1 Å². The summed E-state index contributed by atoms with van der Waals surface area (Å²) >= 11 is 1.59. The zero-order valence-electron chi connectivity index (χ0n) is 12.3. The summed E-state index contributed by atoms with van der Waals surface area (Å²) in [6, 6.07) is 0. The molecule has 0 radical (unpaired) electrons.